The van der Waals surface area contributed by atoms with Gasteiger partial charge in [-0.2, -0.15) is 0 Å². The third-order valence-electron chi connectivity index (χ3n) is 3.67. The Morgan fingerprint density at radius 1 is 1.21 bits per heavy atom. The zero-order valence-electron chi connectivity index (χ0n) is 11.2. The van der Waals surface area contributed by atoms with E-state index in [-0.39, 0.29) is 11.7 Å². The van der Waals surface area contributed by atoms with Gasteiger partial charge in [0.05, 0.1) is 5.69 Å². The number of nitrogens with one attached hydrogen (secondary N) is 1. The zero-order valence-corrected chi connectivity index (χ0v) is 11.2. The first-order valence-corrected chi connectivity index (χ1v) is 6.67. The van der Waals surface area contributed by atoms with Crippen LogP contribution in [0.5, 0.6) is 0 Å². The second-order valence-electron chi connectivity index (χ2n) is 5.04. The van der Waals surface area contributed by atoms with Crippen molar-refractivity contribution in [3.8, 4) is 0 Å². The average molecular weight is 272 g/mol. The molecule has 2 rings (SSSR count). The molecule has 1 aromatic carbocycles. The van der Waals surface area contributed by atoms with E-state index in [9.17, 15) is 13.2 Å². The summed E-state index contributed by atoms with van der Waals surface area (Å²) in [6.07, 6.45) is 1.74. The number of anilines is 1. The van der Waals surface area contributed by atoms with Crippen molar-refractivity contribution in [3.63, 3.8) is 0 Å². The molecule has 1 aliphatic rings. The van der Waals surface area contributed by atoms with Crippen molar-refractivity contribution in [2.45, 2.75) is 38.8 Å². The van der Waals surface area contributed by atoms with Gasteiger partial charge in [-0.15, -0.1) is 0 Å². The van der Waals surface area contributed by atoms with Gasteiger partial charge in [0.15, 0.2) is 11.6 Å². The SMILES string of the molecule is CCNC1CCN(c2cc(F)c(F)cc2F)C(C)C1. The Kier molecular flexibility index (Phi) is 4.34. The molecule has 0 amide bonds. The van der Waals surface area contributed by atoms with Crippen molar-refractivity contribution in [1.82, 2.24) is 5.32 Å². The summed E-state index contributed by atoms with van der Waals surface area (Å²) in [7, 11) is 0. The van der Waals surface area contributed by atoms with Crippen molar-refractivity contribution < 1.29 is 13.2 Å². The summed E-state index contributed by atoms with van der Waals surface area (Å²) in [6.45, 7) is 5.56. The molecule has 1 aromatic rings. The lowest BCUT2D eigenvalue weighted by molar-refractivity contribution is 0.370. The fourth-order valence-corrected chi connectivity index (χ4v) is 2.74. The summed E-state index contributed by atoms with van der Waals surface area (Å²) < 4.78 is 40.0. The van der Waals surface area contributed by atoms with Crippen molar-refractivity contribution in [1.29, 1.82) is 0 Å². The van der Waals surface area contributed by atoms with E-state index in [1.54, 1.807) is 0 Å². The Morgan fingerprint density at radius 3 is 2.53 bits per heavy atom. The van der Waals surface area contributed by atoms with E-state index in [4.69, 9.17) is 0 Å². The second-order valence-corrected chi connectivity index (χ2v) is 5.04. The van der Waals surface area contributed by atoms with Gasteiger partial charge >= 0.3 is 0 Å². The summed E-state index contributed by atoms with van der Waals surface area (Å²) >= 11 is 0. The summed E-state index contributed by atoms with van der Waals surface area (Å²) in [5, 5.41) is 3.37. The molecule has 0 aliphatic carbocycles. The molecule has 2 atom stereocenters. The highest BCUT2D eigenvalue weighted by Gasteiger charge is 2.27. The molecule has 0 radical (unpaired) electrons. The molecule has 1 saturated heterocycles. The Hall–Kier alpha value is -1.23. The Balaban J connectivity index is 2.17. The van der Waals surface area contributed by atoms with Crippen LogP contribution >= 0.6 is 0 Å². The summed E-state index contributed by atoms with van der Waals surface area (Å²) in [5.74, 6) is -2.85. The van der Waals surface area contributed by atoms with Crippen molar-refractivity contribution in [2.24, 2.45) is 0 Å². The van der Waals surface area contributed by atoms with Gasteiger partial charge in [0.1, 0.15) is 5.82 Å². The molecule has 19 heavy (non-hydrogen) atoms. The number of halogens is 3. The molecule has 106 valence electrons. The lowest BCUT2D eigenvalue weighted by Crippen LogP contribution is -2.47. The van der Waals surface area contributed by atoms with Crippen LogP contribution in [0, 0.1) is 17.5 Å². The van der Waals surface area contributed by atoms with Crippen LogP contribution < -0.4 is 10.2 Å². The van der Waals surface area contributed by atoms with E-state index < -0.39 is 17.5 Å². The van der Waals surface area contributed by atoms with E-state index in [0.717, 1.165) is 25.5 Å². The maximum atomic E-state index is 13.8. The van der Waals surface area contributed by atoms with Crippen LogP contribution in [-0.4, -0.2) is 25.2 Å². The van der Waals surface area contributed by atoms with Crippen LogP contribution in [0.4, 0.5) is 18.9 Å². The van der Waals surface area contributed by atoms with Gasteiger partial charge in [-0.1, -0.05) is 6.92 Å². The Morgan fingerprint density at radius 2 is 1.89 bits per heavy atom. The molecule has 1 aliphatic heterocycles. The van der Waals surface area contributed by atoms with Gasteiger partial charge < -0.3 is 10.2 Å². The molecule has 2 nitrogen and oxygen atoms in total. The molecule has 0 aromatic heterocycles. The maximum absolute atomic E-state index is 13.8. The lowest BCUT2D eigenvalue weighted by Gasteiger charge is -2.39. The quantitative estimate of drug-likeness (QED) is 0.851. The third kappa shape index (κ3) is 3.03. The van der Waals surface area contributed by atoms with Crippen LogP contribution in [-0.2, 0) is 0 Å². The largest absolute Gasteiger partial charge is 0.366 e. The zero-order chi connectivity index (χ0) is 14.0. The van der Waals surface area contributed by atoms with E-state index in [1.807, 2.05) is 18.7 Å². The second kappa shape index (κ2) is 5.82. The first-order chi connectivity index (χ1) is 9.02. The monoisotopic (exact) mass is 272 g/mol. The van der Waals surface area contributed by atoms with Crippen LogP contribution in [0.3, 0.4) is 0 Å². The summed E-state index contributed by atoms with van der Waals surface area (Å²) in [6, 6.07) is 2.07. The highest BCUT2D eigenvalue weighted by molar-refractivity contribution is 5.49. The van der Waals surface area contributed by atoms with E-state index in [0.29, 0.717) is 18.7 Å². The number of nitrogens with zero attached hydrogens (tertiary/aromatic N) is 1. The topological polar surface area (TPSA) is 15.3 Å². The van der Waals surface area contributed by atoms with Crippen LogP contribution in [0.15, 0.2) is 12.1 Å². The van der Waals surface area contributed by atoms with E-state index in [2.05, 4.69) is 5.32 Å². The average Bonchev–Trinajstić information content (AvgIpc) is 2.35. The van der Waals surface area contributed by atoms with Gasteiger partial charge in [0.25, 0.3) is 0 Å². The molecule has 1 N–H and O–H groups in total. The summed E-state index contributed by atoms with van der Waals surface area (Å²) in [5.41, 5.74) is 0.154. The molecule has 0 bridgehead atoms. The van der Waals surface area contributed by atoms with Crippen LogP contribution in [0.25, 0.3) is 0 Å². The van der Waals surface area contributed by atoms with Gasteiger partial charge in [0, 0.05) is 30.8 Å². The highest BCUT2D eigenvalue weighted by Crippen LogP contribution is 2.28. The smallest absolute Gasteiger partial charge is 0.161 e. The van der Waals surface area contributed by atoms with Crippen molar-refractivity contribution in [2.75, 3.05) is 18.0 Å². The Labute approximate surface area is 111 Å². The standard InChI is InChI=1S/C14H19F3N2/c1-3-18-10-4-5-19(9(2)6-10)14-8-12(16)11(15)7-13(14)17/h7-10,18H,3-6H2,1-2H3. The third-order valence-corrected chi connectivity index (χ3v) is 3.67. The minimum Gasteiger partial charge on any atom is -0.366 e. The number of rotatable bonds is 3. The highest BCUT2D eigenvalue weighted by atomic mass is 19.2. The molecular weight excluding hydrogens is 253 g/mol. The molecule has 1 heterocycles. The Bertz CT molecular complexity index is 451. The van der Waals surface area contributed by atoms with Gasteiger partial charge in [0.2, 0.25) is 0 Å². The number of hydrogen-bond donors (Lipinski definition) is 1. The van der Waals surface area contributed by atoms with E-state index in [1.165, 1.54) is 0 Å². The maximum Gasteiger partial charge on any atom is 0.161 e. The number of benzene rings is 1. The molecular formula is C14H19F3N2. The number of piperidine rings is 1. The fourth-order valence-electron chi connectivity index (χ4n) is 2.74. The number of hydrogen-bond acceptors (Lipinski definition) is 2. The van der Waals surface area contributed by atoms with Crippen LogP contribution in [0.2, 0.25) is 0 Å². The predicted octanol–water partition coefficient (Wildman–Crippen LogP) is 3.07. The van der Waals surface area contributed by atoms with E-state index >= 15 is 0 Å². The predicted molar refractivity (Wildman–Crippen MR) is 69.8 cm³/mol. The van der Waals surface area contributed by atoms with Crippen molar-refractivity contribution >= 4 is 5.69 Å². The summed E-state index contributed by atoms with van der Waals surface area (Å²) in [4.78, 5) is 1.81. The normalized spacial score (nSPS) is 23.7. The first-order valence-electron chi connectivity index (χ1n) is 6.67. The van der Waals surface area contributed by atoms with Gasteiger partial charge in [-0.25, -0.2) is 13.2 Å². The van der Waals surface area contributed by atoms with Crippen LogP contribution in [0.1, 0.15) is 26.7 Å². The molecule has 1 fully saturated rings. The minimum atomic E-state index is -1.14. The molecule has 2 unspecified atom stereocenters. The fraction of sp³-hybridized carbons (Fsp3) is 0.571. The minimum absolute atomic E-state index is 0.0946. The molecule has 0 spiro atoms. The van der Waals surface area contributed by atoms with Crippen molar-refractivity contribution in [3.05, 3.63) is 29.6 Å². The molecule has 5 heteroatoms. The van der Waals surface area contributed by atoms with Gasteiger partial charge in [-0.3, -0.25) is 0 Å². The first kappa shape index (κ1) is 14.2. The van der Waals surface area contributed by atoms with Gasteiger partial charge in [-0.05, 0) is 26.3 Å². The lowest BCUT2D eigenvalue weighted by atomic mass is 9.97. The molecule has 0 saturated carbocycles.